The lowest BCUT2D eigenvalue weighted by molar-refractivity contribution is -0.137. The molecule has 0 saturated heterocycles. The van der Waals surface area contributed by atoms with Crippen molar-refractivity contribution in [3.05, 3.63) is 29.8 Å². The second-order valence-corrected chi connectivity index (χ2v) is 7.84. The van der Waals surface area contributed by atoms with Crippen LogP contribution in [0.2, 0.25) is 0 Å². The first-order valence-electron chi connectivity index (χ1n) is 7.32. The van der Waals surface area contributed by atoms with Crippen molar-refractivity contribution in [2.75, 3.05) is 24.7 Å². The summed E-state index contributed by atoms with van der Waals surface area (Å²) in [7, 11) is -3.49. The minimum absolute atomic E-state index is 0.0636. The molecule has 0 aliphatic heterocycles. The zero-order chi connectivity index (χ0) is 18.5. The number of hydrogen-bond acceptors (Lipinski definition) is 3. The van der Waals surface area contributed by atoms with Crippen molar-refractivity contribution >= 4 is 21.6 Å². The molecule has 1 N–H and O–H groups in total. The smallest absolute Gasteiger partial charge is 0.325 e. The maximum Gasteiger partial charge on any atom is 0.418 e. The quantitative estimate of drug-likeness (QED) is 0.807. The SMILES string of the molecule is CC(C)CN(CCC(=O)Nc1ccccc1C(F)(F)F)S(C)(=O)=O. The van der Waals surface area contributed by atoms with Gasteiger partial charge in [-0.2, -0.15) is 13.2 Å². The highest BCUT2D eigenvalue weighted by Gasteiger charge is 2.33. The van der Waals surface area contributed by atoms with E-state index >= 15 is 0 Å². The fraction of sp³-hybridized carbons (Fsp3) is 0.533. The topological polar surface area (TPSA) is 66.5 Å². The fourth-order valence-electron chi connectivity index (χ4n) is 2.08. The van der Waals surface area contributed by atoms with E-state index in [2.05, 4.69) is 5.32 Å². The number of halogens is 3. The molecular weight excluding hydrogens is 345 g/mol. The van der Waals surface area contributed by atoms with E-state index in [0.29, 0.717) is 0 Å². The Morgan fingerprint density at radius 1 is 1.25 bits per heavy atom. The highest BCUT2D eigenvalue weighted by molar-refractivity contribution is 7.88. The van der Waals surface area contributed by atoms with Crippen LogP contribution < -0.4 is 5.32 Å². The normalized spacial score (nSPS) is 12.7. The molecule has 0 bridgehead atoms. The van der Waals surface area contributed by atoms with Gasteiger partial charge in [0.2, 0.25) is 15.9 Å². The Morgan fingerprint density at radius 2 is 1.83 bits per heavy atom. The van der Waals surface area contributed by atoms with Gasteiger partial charge in [0.05, 0.1) is 17.5 Å². The third-order valence-corrected chi connectivity index (χ3v) is 4.40. The molecule has 1 aromatic carbocycles. The average Bonchev–Trinajstić information content (AvgIpc) is 2.41. The maximum atomic E-state index is 12.9. The molecule has 0 heterocycles. The largest absolute Gasteiger partial charge is 0.418 e. The number of benzene rings is 1. The molecule has 0 aliphatic carbocycles. The number of hydrogen-bond donors (Lipinski definition) is 1. The van der Waals surface area contributed by atoms with E-state index in [-0.39, 0.29) is 31.1 Å². The summed E-state index contributed by atoms with van der Waals surface area (Å²) in [5.74, 6) is -0.613. The van der Waals surface area contributed by atoms with Crippen LogP contribution in [0.5, 0.6) is 0 Å². The number of rotatable bonds is 7. The van der Waals surface area contributed by atoms with E-state index in [1.807, 2.05) is 13.8 Å². The Kier molecular flexibility index (Phi) is 6.79. The molecule has 0 saturated carbocycles. The minimum Gasteiger partial charge on any atom is -0.325 e. The molecule has 1 rings (SSSR count). The standard InChI is InChI=1S/C15H21F3N2O3S/c1-11(2)10-20(24(3,22)23)9-8-14(21)19-13-7-5-4-6-12(13)15(16,17)18/h4-7,11H,8-10H2,1-3H3,(H,19,21). The number of sulfonamides is 1. The van der Waals surface area contributed by atoms with Gasteiger partial charge in [0.1, 0.15) is 0 Å². The molecule has 0 atom stereocenters. The van der Waals surface area contributed by atoms with Gasteiger partial charge in [-0.15, -0.1) is 0 Å². The fourth-order valence-corrected chi connectivity index (χ4v) is 3.07. The molecule has 1 aromatic rings. The van der Waals surface area contributed by atoms with Gasteiger partial charge in [-0.25, -0.2) is 12.7 Å². The van der Waals surface area contributed by atoms with Gasteiger partial charge in [0.25, 0.3) is 0 Å². The Labute approximate surface area is 139 Å². The highest BCUT2D eigenvalue weighted by Crippen LogP contribution is 2.34. The Hall–Kier alpha value is -1.61. The Balaban J connectivity index is 2.77. The van der Waals surface area contributed by atoms with Crippen molar-refractivity contribution in [1.82, 2.24) is 4.31 Å². The van der Waals surface area contributed by atoms with E-state index in [0.717, 1.165) is 22.7 Å². The first-order valence-corrected chi connectivity index (χ1v) is 9.17. The lowest BCUT2D eigenvalue weighted by atomic mass is 10.1. The predicted octanol–water partition coefficient (Wildman–Crippen LogP) is 2.95. The van der Waals surface area contributed by atoms with Gasteiger partial charge < -0.3 is 5.32 Å². The lowest BCUT2D eigenvalue weighted by Gasteiger charge is -2.21. The molecular formula is C15H21F3N2O3S. The van der Waals surface area contributed by atoms with Crippen LogP contribution in [0.3, 0.4) is 0 Å². The van der Waals surface area contributed by atoms with Gasteiger partial charge >= 0.3 is 6.18 Å². The molecule has 0 fully saturated rings. The van der Waals surface area contributed by atoms with Crippen LogP contribution in [0, 0.1) is 5.92 Å². The molecule has 0 aromatic heterocycles. The summed E-state index contributed by atoms with van der Waals surface area (Å²) in [6.07, 6.45) is -3.78. The lowest BCUT2D eigenvalue weighted by Crippen LogP contribution is -2.35. The summed E-state index contributed by atoms with van der Waals surface area (Å²) < 4.78 is 63.1. The highest BCUT2D eigenvalue weighted by atomic mass is 32.2. The van der Waals surface area contributed by atoms with Crippen molar-refractivity contribution in [3.8, 4) is 0 Å². The third kappa shape index (κ3) is 6.48. The second kappa shape index (κ2) is 7.98. The van der Waals surface area contributed by atoms with E-state index in [9.17, 15) is 26.4 Å². The van der Waals surface area contributed by atoms with Crippen molar-refractivity contribution in [2.45, 2.75) is 26.4 Å². The van der Waals surface area contributed by atoms with Crippen LogP contribution in [0.15, 0.2) is 24.3 Å². The summed E-state index contributed by atoms with van der Waals surface area (Å²) in [6, 6.07) is 4.64. The van der Waals surface area contributed by atoms with Gasteiger partial charge in [-0.05, 0) is 18.1 Å². The minimum atomic E-state index is -4.58. The molecule has 5 nitrogen and oxygen atoms in total. The second-order valence-electron chi connectivity index (χ2n) is 5.86. The molecule has 136 valence electrons. The number of nitrogens with one attached hydrogen (secondary N) is 1. The van der Waals surface area contributed by atoms with Crippen molar-refractivity contribution in [1.29, 1.82) is 0 Å². The molecule has 1 amide bonds. The van der Waals surface area contributed by atoms with E-state index in [4.69, 9.17) is 0 Å². The van der Waals surface area contributed by atoms with Crippen molar-refractivity contribution in [2.24, 2.45) is 5.92 Å². The van der Waals surface area contributed by atoms with Crippen LogP contribution in [0.25, 0.3) is 0 Å². The van der Waals surface area contributed by atoms with Gasteiger partial charge in [-0.3, -0.25) is 4.79 Å². The van der Waals surface area contributed by atoms with Crippen molar-refractivity contribution in [3.63, 3.8) is 0 Å². The number of para-hydroxylation sites is 1. The zero-order valence-electron chi connectivity index (χ0n) is 13.7. The predicted molar refractivity (Wildman–Crippen MR) is 85.9 cm³/mol. The summed E-state index contributed by atoms with van der Waals surface area (Å²) in [5, 5.41) is 2.20. The Bertz CT molecular complexity index is 673. The summed E-state index contributed by atoms with van der Waals surface area (Å²) in [6.45, 7) is 3.82. The molecule has 0 aliphatic rings. The number of anilines is 1. The number of alkyl halides is 3. The van der Waals surface area contributed by atoms with Crippen LogP contribution in [-0.2, 0) is 21.0 Å². The molecule has 9 heteroatoms. The van der Waals surface area contributed by atoms with Crippen LogP contribution in [-0.4, -0.2) is 38.0 Å². The number of carbonyl (C=O) groups excluding carboxylic acids is 1. The van der Waals surface area contributed by atoms with Gasteiger partial charge in [0, 0.05) is 19.5 Å². The van der Waals surface area contributed by atoms with Crippen LogP contribution in [0.1, 0.15) is 25.8 Å². The first kappa shape index (κ1) is 20.4. The zero-order valence-corrected chi connectivity index (χ0v) is 14.5. The van der Waals surface area contributed by atoms with Crippen molar-refractivity contribution < 1.29 is 26.4 Å². The van der Waals surface area contributed by atoms with Crippen LogP contribution >= 0.6 is 0 Å². The Morgan fingerprint density at radius 3 is 2.33 bits per heavy atom. The summed E-state index contributed by atoms with van der Waals surface area (Å²) in [4.78, 5) is 11.9. The average molecular weight is 366 g/mol. The maximum absolute atomic E-state index is 12.9. The number of amides is 1. The molecule has 0 spiro atoms. The first-order chi connectivity index (χ1) is 10.9. The van der Waals surface area contributed by atoms with Gasteiger partial charge in [0.15, 0.2) is 0 Å². The molecule has 0 unspecified atom stereocenters. The van der Waals surface area contributed by atoms with E-state index in [1.54, 1.807) is 0 Å². The molecule has 0 radical (unpaired) electrons. The van der Waals surface area contributed by atoms with E-state index in [1.165, 1.54) is 12.1 Å². The number of nitrogens with zero attached hydrogens (tertiary/aromatic N) is 1. The van der Waals surface area contributed by atoms with Crippen LogP contribution in [0.4, 0.5) is 18.9 Å². The molecule has 24 heavy (non-hydrogen) atoms. The number of carbonyl (C=O) groups is 1. The summed E-state index contributed by atoms with van der Waals surface area (Å²) >= 11 is 0. The third-order valence-electron chi connectivity index (χ3n) is 3.13. The monoisotopic (exact) mass is 366 g/mol. The summed E-state index contributed by atoms with van der Waals surface area (Å²) in [5.41, 5.74) is -1.29. The van der Waals surface area contributed by atoms with Gasteiger partial charge in [-0.1, -0.05) is 26.0 Å². The van der Waals surface area contributed by atoms with E-state index < -0.39 is 27.7 Å².